The molecule has 0 spiro atoms. The van der Waals surface area contributed by atoms with Crippen LogP contribution in [0.25, 0.3) is 0 Å². The van der Waals surface area contributed by atoms with E-state index in [9.17, 15) is 16.8 Å². The molecule has 176 valence electrons. The molecule has 0 bridgehead atoms. The second kappa shape index (κ2) is 9.80. The Kier molecular flexibility index (Phi) is 7.52. The number of hydrogen-bond acceptors (Lipinski definition) is 5. The summed E-state index contributed by atoms with van der Waals surface area (Å²) < 4.78 is 54.2. The third-order valence-corrected chi connectivity index (χ3v) is 9.41. The van der Waals surface area contributed by atoms with Crippen molar-refractivity contribution in [3.63, 3.8) is 0 Å². The van der Waals surface area contributed by atoms with Gasteiger partial charge in [-0.2, -0.15) is 0 Å². The van der Waals surface area contributed by atoms with Gasteiger partial charge in [-0.05, 0) is 88.8 Å². The number of benzene rings is 2. The van der Waals surface area contributed by atoms with Gasteiger partial charge in [0.05, 0.1) is 9.64 Å². The molecule has 0 aliphatic heterocycles. The van der Waals surface area contributed by atoms with Crippen LogP contribution in [-0.4, -0.2) is 34.2 Å². The van der Waals surface area contributed by atoms with Gasteiger partial charge in [-0.1, -0.05) is 18.2 Å². The standard InChI is InChI=1S/C23H33N3O4S2/c1-23(2,3)32(29,30)26-21-11-9-18(10-12-21)17-24-19-13-15-20(16-14-19)25-31(27,28)22-7-5-4-6-8-22/h4-8,13-16,18,21,24-26H,9-12,17H2,1-3H3. The van der Waals surface area contributed by atoms with Crippen molar-refractivity contribution in [2.24, 2.45) is 5.92 Å². The Labute approximate surface area is 192 Å². The zero-order valence-corrected chi connectivity index (χ0v) is 20.5. The highest BCUT2D eigenvalue weighted by Crippen LogP contribution is 2.27. The van der Waals surface area contributed by atoms with Crippen molar-refractivity contribution in [1.82, 2.24) is 4.72 Å². The van der Waals surface area contributed by atoms with E-state index in [1.165, 1.54) is 0 Å². The van der Waals surface area contributed by atoms with E-state index in [0.29, 0.717) is 11.6 Å². The monoisotopic (exact) mass is 479 g/mol. The Bertz CT molecular complexity index is 1090. The van der Waals surface area contributed by atoms with Crippen LogP contribution in [0.5, 0.6) is 0 Å². The first-order valence-electron chi connectivity index (χ1n) is 10.9. The Hall–Kier alpha value is -2.10. The van der Waals surface area contributed by atoms with Crippen molar-refractivity contribution in [1.29, 1.82) is 0 Å². The number of nitrogens with one attached hydrogen (secondary N) is 3. The molecule has 9 heteroatoms. The Balaban J connectivity index is 1.46. The largest absolute Gasteiger partial charge is 0.385 e. The van der Waals surface area contributed by atoms with Gasteiger partial charge in [-0.15, -0.1) is 0 Å². The highest BCUT2D eigenvalue weighted by atomic mass is 32.2. The molecule has 1 fully saturated rings. The molecule has 1 aliphatic rings. The topological polar surface area (TPSA) is 104 Å². The van der Waals surface area contributed by atoms with Crippen LogP contribution in [0.2, 0.25) is 0 Å². The highest BCUT2D eigenvalue weighted by Gasteiger charge is 2.32. The minimum atomic E-state index is -3.60. The zero-order valence-electron chi connectivity index (χ0n) is 18.8. The number of hydrogen-bond donors (Lipinski definition) is 3. The lowest BCUT2D eigenvalue weighted by Gasteiger charge is -2.31. The molecule has 0 amide bonds. The van der Waals surface area contributed by atoms with Crippen molar-refractivity contribution in [3.05, 3.63) is 54.6 Å². The van der Waals surface area contributed by atoms with Crippen LogP contribution in [0.4, 0.5) is 11.4 Å². The molecule has 0 radical (unpaired) electrons. The SMILES string of the molecule is CC(C)(C)S(=O)(=O)NC1CCC(CNc2ccc(NS(=O)(=O)c3ccccc3)cc2)CC1. The lowest BCUT2D eigenvalue weighted by molar-refractivity contribution is 0.322. The Morgan fingerprint density at radius 2 is 1.38 bits per heavy atom. The van der Waals surface area contributed by atoms with E-state index >= 15 is 0 Å². The maximum absolute atomic E-state index is 12.4. The lowest BCUT2D eigenvalue weighted by atomic mass is 9.86. The van der Waals surface area contributed by atoms with Gasteiger partial charge in [0.2, 0.25) is 10.0 Å². The van der Waals surface area contributed by atoms with Gasteiger partial charge >= 0.3 is 0 Å². The second-order valence-electron chi connectivity index (χ2n) is 9.33. The van der Waals surface area contributed by atoms with E-state index in [2.05, 4.69) is 14.8 Å². The van der Waals surface area contributed by atoms with Crippen LogP contribution in [0.3, 0.4) is 0 Å². The quantitative estimate of drug-likeness (QED) is 0.527. The van der Waals surface area contributed by atoms with E-state index in [4.69, 9.17) is 0 Å². The summed E-state index contributed by atoms with van der Waals surface area (Å²) >= 11 is 0. The van der Waals surface area contributed by atoms with Gasteiger partial charge < -0.3 is 5.32 Å². The van der Waals surface area contributed by atoms with Crippen LogP contribution in [0.1, 0.15) is 46.5 Å². The molecule has 0 heterocycles. The number of sulfonamides is 2. The molecular formula is C23H33N3O4S2. The summed E-state index contributed by atoms with van der Waals surface area (Å²) in [5.74, 6) is 0.474. The molecule has 0 saturated heterocycles. The third kappa shape index (κ3) is 6.46. The van der Waals surface area contributed by atoms with Crippen LogP contribution in [-0.2, 0) is 20.0 Å². The van der Waals surface area contributed by atoms with Gasteiger partial charge in [0, 0.05) is 24.0 Å². The van der Waals surface area contributed by atoms with E-state index in [1.54, 1.807) is 63.2 Å². The normalized spacial score (nSPS) is 20.0. The van der Waals surface area contributed by atoms with Crippen LogP contribution < -0.4 is 14.8 Å². The van der Waals surface area contributed by atoms with Crippen LogP contribution in [0.15, 0.2) is 59.5 Å². The fraction of sp³-hybridized carbons (Fsp3) is 0.478. The highest BCUT2D eigenvalue weighted by molar-refractivity contribution is 7.92. The molecule has 32 heavy (non-hydrogen) atoms. The van der Waals surface area contributed by atoms with Crippen molar-refractivity contribution in [3.8, 4) is 0 Å². The summed E-state index contributed by atoms with van der Waals surface area (Å²) in [5.41, 5.74) is 1.43. The predicted molar refractivity (Wildman–Crippen MR) is 130 cm³/mol. The fourth-order valence-electron chi connectivity index (χ4n) is 3.61. The van der Waals surface area contributed by atoms with E-state index < -0.39 is 24.8 Å². The first-order chi connectivity index (χ1) is 15.0. The first kappa shape index (κ1) is 24.5. The van der Waals surface area contributed by atoms with Crippen molar-refractivity contribution in [2.45, 2.75) is 62.1 Å². The van der Waals surface area contributed by atoms with E-state index in [-0.39, 0.29) is 10.9 Å². The summed E-state index contributed by atoms with van der Waals surface area (Å²) in [5, 5.41) is 3.41. The van der Waals surface area contributed by atoms with Crippen LogP contribution in [0, 0.1) is 5.92 Å². The molecule has 7 nitrogen and oxygen atoms in total. The minimum Gasteiger partial charge on any atom is -0.385 e. The molecule has 1 saturated carbocycles. The molecule has 3 rings (SSSR count). The Morgan fingerprint density at radius 3 is 1.94 bits per heavy atom. The summed E-state index contributed by atoms with van der Waals surface area (Å²) in [7, 11) is -6.92. The minimum absolute atomic E-state index is 0.00685. The average Bonchev–Trinajstić information content (AvgIpc) is 2.74. The maximum Gasteiger partial charge on any atom is 0.261 e. The number of anilines is 2. The van der Waals surface area contributed by atoms with Gasteiger partial charge in [0.25, 0.3) is 10.0 Å². The molecule has 1 aliphatic carbocycles. The number of rotatable bonds is 8. The summed E-state index contributed by atoms with van der Waals surface area (Å²) in [4.78, 5) is 0.225. The first-order valence-corrected chi connectivity index (χ1v) is 13.9. The van der Waals surface area contributed by atoms with Crippen molar-refractivity contribution >= 4 is 31.4 Å². The molecule has 3 N–H and O–H groups in total. The predicted octanol–water partition coefficient (Wildman–Crippen LogP) is 4.18. The summed E-state index contributed by atoms with van der Waals surface area (Å²) in [6.07, 6.45) is 3.59. The summed E-state index contributed by atoms with van der Waals surface area (Å²) in [6.45, 7) is 5.93. The molecule has 0 unspecified atom stereocenters. The molecular weight excluding hydrogens is 446 g/mol. The van der Waals surface area contributed by atoms with Gasteiger partial charge in [-0.3, -0.25) is 4.72 Å². The fourth-order valence-corrected chi connectivity index (χ4v) is 5.72. The van der Waals surface area contributed by atoms with Gasteiger partial charge in [0.1, 0.15) is 0 Å². The lowest BCUT2D eigenvalue weighted by Crippen LogP contribution is -2.46. The third-order valence-electron chi connectivity index (χ3n) is 5.76. The second-order valence-corrected chi connectivity index (χ2v) is 13.5. The molecule has 0 aromatic heterocycles. The zero-order chi connectivity index (χ0) is 23.4. The van der Waals surface area contributed by atoms with Gasteiger partial charge in [-0.25, -0.2) is 21.6 Å². The van der Waals surface area contributed by atoms with Gasteiger partial charge in [0.15, 0.2) is 0 Å². The Morgan fingerprint density at radius 1 is 0.812 bits per heavy atom. The molecule has 2 aromatic rings. The molecule has 2 aromatic carbocycles. The van der Waals surface area contributed by atoms with E-state index in [1.807, 2.05) is 12.1 Å². The van der Waals surface area contributed by atoms with Crippen molar-refractivity contribution < 1.29 is 16.8 Å². The van der Waals surface area contributed by atoms with E-state index in [0.717, 1.165) is 37.9 Å². The van der Waals surface area contributed by atoms with Crippen LogP contribution >= 0.6 is 0 Å². The molecule has 0 atom stereocenters. The average molecular weight is 480 g/mol. The van der Waals surface area contributed by atoms with Crippen molar-refractivity contribution in [2.75, 3.05) is 16.6 Å². The smallest absolute Gasteiger partial charge is 0.261 e. The summed E-state index contributed by atoms with van der Waals surface area (Å²) in [6, 6.07) is 15.5. The maximum atomic E-state index is 12.4.